The van der Waals surface area contributed by atoms with Crippen molar-refractivity contribution >= 4 is 17.6 Å². The van der Waals surface area contributed by atoms with E-state index in [2.05, 4.69) is 10.6 Å². The Morgan fingerprint density at radius 2 is 1.92 bits per heavy atom. The Balaban J connectivity index is 2.55. The molecule has 0 unspecified atom stereocenters. The predicted octanol–water partition coefficient (Wildman–Crippen LogP) is 2.23. The topological polar surface area (TPSA) is 100 Å². The standard InChI is InChI=1S/C18H23N3O4/c1-3-24-11-5-10-20-17(22)15(12-19)13-21-16-8-6-14(7-9-16)18(23)25-4-2/h6-9,13,21H,3-5,10-11H2,1-2H3,(H,20,22)/b15-13-. The van der Waals surface area contributed by atoms with Gasteiger partial charge in [-0.15, -0.1) is 0 Å². The van der Waals surface area contributed by atoms with Crippen LogP contribution in [0.25, 0.3) is 0 Å². The van der Waals surface area contributed by atoms with E-state index in [0.717, 1.165) is 0 Å². The number of hydrogen-bond acceptors (Lipinski definition) is 6. The zero-order valence-electron chi connectivity index (χ0n) is 14.5. The van der Waals surface area contributed by atoms with Gasteiger partial charge in [-0.3, -0.25) is 4.79 Å². The monoisotopic (exact) mass is 345 g/mol. The van der Waals surface area contributed by atoms with E-state index in [1.54, 1.807) is 31.2 Å². The summed E-state index contributed by atoms with van der Waals surface area (Å²) in [4.78, 5) is 23.5. The normalized spacial score (nSPS) is 10.7. The molecule has 7 heteroatoms. The van der Waals surface area contributed by atoms with Crippen LogP contribution in [0.2, 0.25) is 0 Å². The lowest BCUT2D eigenvalue weighted by Gasteiger charge is -2.06. The molecule has 0 aliphatic heterocycles. The van der Waals surface area contributed by atoms with Gasteiger partial charge in [-0.25, -0.2) is 4.79 Å². The summed E-state index contributed by atoms with van der Waals surface area (Å²) in [5, 5.41) is 14.6. The highest BCUT2D eigenvalue weighted by molar-refractivity contribution is 5.97. The maximum Gasteiger partial charge on any atom is 0.338 e. The Hall–Kier alpha value is -2.85. The molecule has 0 bridgehead atoms. The van der Waals surface area contributed by atoms with Gasteiger partial charge in [0.25, 0.3) is 5.91 Å². The summed E-state index contributed by atoms with van der Waals surface area (Å²) in [5.74, 6) is -0.844. The molecule has 0 heterocycles. The predicted molar refractivity (Wildman–Crippen MR) is 93.8 cm³/mol. The minimum absolute atomic E-state index is 0.0362. The van der Waals surface area contributed by atoms with E-state index in [9.17, 15) is 9.59 Å². The van der Waals surface area contributed by atoms with Crippen molar-refractivity contribution in [3.8, 4) is 6.07 Å². The van der Waals surface area contributed by atoms with Crippen molar-refractivity contribution in [2.75, 3.05) is 31.7 Å². The first-order valence-electron chi connectivity index (χ1n) is 8.12. The fraction of sp³-hybridized carbons (Fsp3) is 0.389. The minimum Gasteiger partial charge on any atom is -0.462 e. The molecule has 0 atom stereocenters. The molecule has 1 aromatic carbocycles. The van der Waals surface area contributed by atoms with Gasteiger partial charge in [0.05, 0.1) is 12.2 Å². The summed E-state index contributed by atoms with van der Waals surface area (Å²) < 4.78 is 10.1. The molecule has 7 nitrogen and oxygen atoms in total. The zero-order valence-corrected chi connectivity index (χ0v) is 14.5. The van der Waals surface area contributed by atoms with Gasteiger partial charge in [0.2, 0.25) is 0 Å². The number of carbonyl (C=O) groups is 2. The maximum absolute atomic E-state index is 11.9. The van der Waals surface area contributed by atoms with E-state index >= 15 is 0 Å². The first-order chi connectivity index (χ1) is 12.1. The minimum atomic E-state index is -0.449. The van der Waals surface area contributed by atoms with E-state index in [1.165, 1.54) is 6.20 Å². The second-order valence-electron chi connectivity index (χ2n) is 4.92. The first-order valence-corrected chi connectivity index (χ1v) is 8.12. The number of nitriles is 1. The van der Waals surface area contributed by atoms with Crippen LogP contribution in [0.4, 0.5) is 5.69 Å². The van der Waals surface area contributed by atoms with E-state index < -0.39 is 11.9 Å². The molecule has 0 fully saturated rings. The third-order valence-electron chi connectivity index (χ3n) is 3.10. The Labute approximate surface area is 147 Å². The Morgan fingerprint density at radius 3 is 2.52 bits per heavy atom. The number of hydrogen-bond donors (Lipinski definition) is 2. The van der Waals surface area contributed by atoms with E-state index in [-0.39, 0.29) is 5.57 Å². The summed E-state index contributed by atoms with van der Waals surface area (Å²) in [6.45, 7) is 5.59. The largest absolute Gasteiger partial charge is 0.462 e. The molecular formula is C18H23N3O4. The Morgan fingerprint density at radius 1 is 1.20 bits per heavy atom. The third-order valence-corrected chi connectivity index (χ3v) is 3.10. The highest BCUT2D eigenvalue weighted by Crippen LogP contribution is 2.11. The average molecular weight is 345 g/mol. The molecule has 0 saturated heterocycles. The Bertz CT molecular complexity index is 633. The van der Waals surface area contributed by atoms with Gasteiger partial charge in [-0.2, -0.15) is 5.26 Å². The quantitative estimate of drug-likeness (QED) is 0.292. The van der Waals surface area contributed by atoms with Crippen molar-refractivity contribution < 1.29 is 19.1 Å². The Kier molecular flexibility index (Phi) is 9.41. The van der Waals surface area contributed by atoms with Gasteiger partial charge < -0.3 is 20.1 Å². The number of carbonyl (C=O) groups excluding carboxylic acids is 2. The molecule has 0 aromatic heterocycles. The fourth-order valence-corrected chi connectivity index (χ4v) is 1.84. The first kappa shape index (κ1) is 20.2. The van der Waals surface area contributed by atoms with Crippen molar-refractivity contribution in [1.29, 1.82) is 5.26 Å². The molecular weight excluding hydrogens is 322 g/mol. The molecule has 1 rings (SSSR count). The third kappa shape index (κ3) is 7.50. The second kappa shape index (κ2) is 11.6. The van der Waals surface area contributed by atoms with Crippen molar-refractivity contribution in [2.24, 2.45) is 0 Å². The van der Waals surface area contributed by atoms with Crippen LogP contribution < -0.4 is 10.6 Å². The number of benzene rings is 1. The van der Waals surface area contributed by atoms with Crippen molar-refractivity contribution in [3.63, 3.8) is 0 Å². The molecule has 0 radical (unpaired) electrons. The van der Waals surface area contributed by atoms with Gasteiger partial charge in [-0.05, 0) is 44.5 Å². The lowest BCUT2D eigenvalue weighted by Crippen LogP contribution is -2.26. The number of nitrogens with one attached hydrogen (secondary N) is 2. The van der Waals surface area contributed by atoms with Crippen molar-refractivity contribution in [3.05, 3.63) is 41.6 Å². The zero-order chi connectivity index (χ0) is 18.5. The highest BCUT2D eigenvalue weighted by atomic mass is 16.5. The summed E-state index contributed by atoms with van der Waals surface area (Å²) in [5.41, 5.74) is 1.04. The van der Waals surface area contributed by atoms with Crippen LogP contribution >= 0.6 is 0 Å². The molecule has 1 amide bonds. The van der Waals surface area contributed by atoms with Crippen LogP contribution in [0.15, 0.2) is 36.0 Å². The van der Waals surface area contributed by atoms with Crippen LogP contribution in [-0.2, 0) is 14.3 Å². The molecule has 2 N–H and O–H groups in total. The number of nitrogens with zero attached hydrogens (tertiary/aromatic N) is 1. The summed E-state index contributed by atoms with van der Waals surface area (Å²) >= 11 is 0. The molecule has 25 heavy (non-hydrogen) atoms. The van der Waals surface area contributed by atoms with Crippen LogP contribution in [0.3, 0.4) is 0 Å². The van der Waals surface area contributed by atoms with E-state index in [1.807, 2.05) is 13.0 Å². The van der Waals surface area contributed by atoms with Crippen LogP contribution in [0, 0.1) is 11.3 Å². The SMILES string of the molecule is CCOCCCNC(=O)/C(C#N)=C\Nc1ccc(C(=O)OCC)cc1. The molecule has 0 aliphatic rings. The number of esters is 1. The van der Waals surface area contributed by atoms with Crippen LogP contribution in [-0.4, -0.2) is 38.2 Å². The van der Waals surface area contributed by atoms with Crippen LogP contribution in [0.1, 0.15) is 30.6 Å². The lowest BCUT2D eigenvalue weighted by molar-refractivity contribution is -0.117. The summed E-state index contributed by atoms with van der Waals surface area (Å²) in [7, 11) is 0. The van der Waals surface area contributed by atoms with Gasteiger partial charge in [0, 0.05) is 31.6 Å². The number of amides is 1. The van der Waals surface area contributed by atoms with Gasteiger partial charge in [0.1, 0.15) is 11.6 Å². The van der Waals surface area contributed by atoms with Crippen molar-refractivity contribution in [2.45, 2.75) is 20.3 Å². The summed E-state index contributed by atoms with van der Waals surface area (Å²) in [6.07, 6.45) is 2.01. The smallest absolute Gasteiger partial charge is 0.338 e. The van der Waals surface area contributed by atoms with Gasteiger partial charge >= 0.3 is 5.97 Å². The molecule has 0 aliphatic carbocycles. The van der Waals surface area contributed by atoms with Crippen LogP contribution in [0.5, 0.6) is 0 Å². The number of ether oxygens (including phenoxy) is 2. The average Bonchev–Trinajstić information content (AvgIpc) is 2.62. The fourth-order valence-electron chi connectivity index (χ4n) is 1.84. The van der Waals surface area contributed by atoms with Crippen molar-refractivity contribution in [1.82, 2.24) is 5.32 Å². The van der Waals surface area contributed by atoms with Gasteiger partial charge in [-0.1, -0.05) is 0 Å². The van der Waals surface area contributed by atoms with Gasteiger partial charge in [0.15, 0.2) is 0 Å². The van der Waals surface area contributed by atoms with E-state index in [0.29, 0.717) is 44.0 Å². The van der Waals surface area contributed by atoms with E-state index in [4.69, 9.17) is 14.7 Å². The number of rotatable bonds is 10. The maximum atomic E-state index is 11.9. The molecule has 1 aromatic rings. The highest BCUT2D eigenvalue weighted by Gasteiger charge is 2.08. The summed E-state index contributed by atoms with van der Waals surface area (Å²) in [6, 6.07) is 8.39. The number of anilines is 1. The molecule has 0 saturated carbocycles. The lowest BCUT2D eigenvalue weighted by atomic mass is 10.2. The molecule has 0 spiro atoms. The second-order valence-corrected chi connectivity index (χ2v) is 4.92. The molecule has 134 valence electrons.